The van der Waals surface area contributed by atoms with E-state index in [0.29, 0.717) is 13.0 Å². The lowest BCUT2D eigenvalue weighted by Gasteiger charge is -2.20. The van der Waals surface area contributed by atoms with Crippen molar-refractivity contribution in [3.63, 3.8) is 0 Å². The van der Waals surface area contributed by atoms with E-state index in [-0.39, 0.29) is 24.4 Å². The lowest BCUT2D eigenvalue weighted by Crippen LogP contribution is -2.43. The fraction of sp³-hybridized carbons (Fsp3) is 0.417. The first kappa shape index (κ1) is 13.4. The molecular weight excluding hydrogens is 252 g/mol. The molecule has 0 bridgehead atoms. The van der Waals surface area contributed by atoms with E-state index in [4.69, 9.17) is 9.84 Å². The lowest BCUT2D eigenvalue weighted by molar-refractivity contribution is 0.0264. The van der Waals surface area contributed by atoms with Crippen LogP contribution in [0.25, 0.3) is 0 Å². The van der Waals surface area contributed by atoms with Crippen LogP contribution in [0.4, 0.5) is 0 Å². The molecule has 1 amide bonds. The molecule has 1 aliphatic heterocycles. The Bertz CT molecular complexity index is 497. The maximum Gasteiger partial charge on any atom is 0.338 e. The molecule has 2 heterocycles. The zero-order valence-electron chi connectivity index (χ0n) is 10.1. The summed E-state index contributed by atoms with van der Waals surface area (Å²) in [5, 5.41) is 21.4. The summed E-state index contributed by atoms with van der Waals surface area (Å²) in [5.74, 6) is -1.85. The summed E-state index contributed by atoms with van der Waals surface area (Å²) in [6.45, 7) is 0.596. The van der Waals surface area contributed by atoms with E-state index < -0.39 is 17.5 Å². The number of nitrogens with zero attached hydrogens (tertiary/aromatic N) is 1. The van der Waals surface area contributed by atoms with Crippen molar-refractivity contribution >= 4 is 11.9 Å². The molecule has 2 rings (SSSR count). The van der Waals surface area contributed by atoms with Gasteiger partial charge >= 0.3 is 5.97 Å². The number of carbonyl (C=O) groups is 2. The molecule has 1 saturated heterocycles. The van der Waals surface area contributed by atoms with Crippen molar-refractivity contribution in [1.82, 2.24) is 10.3 Å². The van der Waals surface area contributed by atoms with Crippen molar-refractivity contribution < 1.29 is 24.5 Å². The molecule has 0 aliphatic carbocycles. The minimum Gasteiger partial charge on any atom is -0.478 e. The maximum atomic E-state index is 11.9. The van der Waals surface area contributed by atoms with Gasteiger partial charge in [-0.1, -0.05) is 0 Å². The van der Waals surface area contributed by atoms with Gasteiger partial charge in [-0.05, 0) is 12.1 Å². The summed E-state index contributed by atoms with van der Waals surface area (Å²) < 4.78 is 5.05. The van der Waals surface area contributed by atoms with Crippen LogP contribution in [-0.2, 0) is 4.74 Å². The first-order valence-electron chi connectivity index (χ1n) is 5.78. The molecule has 0 saturated carbocycles. The summed E-state index contributed by atoms with van der Waals surface area (Å²) in [4.78, 5) is 26.6. The van der Waals surface area contributed by atoms with E-state index in [1.807, 2.05) is 0 Å². The zero-order chi connectivity index (χ0) is 13.9. The summed E-state index contributed by atoms with van der Waals surface area (Å²) in [6.07, 6.45) is 1.77. The highest BCUT2D eigenvalue weighted by atomic mass is 16.5. The van der Waals surface area contributed by atoms with Crippen molar-refractivity contribution in [2.45, 2.75) is 12.0 Å². The molecule has 1 unspecified atom stereocenters. The van der Waals surface area contributed by atoms with Crippen LogP contribution in [0.15, 0.2) is 18.3 Å². The van der Waals surface area contributed by atoms with Gasteiger partial charge in [-0.15, -0.1) is 0 Å². The molecular formula is C12H14N2O5. The number of pyridine rings is 1. The Morgan fingerprint density at radius 3 is 2.95 bits per heavy atom. The van der Waals surface area contributed by atoms with Gasteiger partial charge in [0.1, 0.15) is 11.3 Å². The van der Waals surface area contributed by atoms with Crippen molar-refractivity contribution in [3.05, 3.63) is 29.6 Å². The van der Waals surface area contributed by atoms with E-state index in [1.54, 1.807) is 0 Å². The van der Waals surface area contributed by atoms with Crippen LogP contribution >= 0.6 is 0 Å². The van der Waals surface area contributed by atoms with Crippen molar-refractivity contribution in [1.29, 1.82) is 0 Å². The molecule has 3 N–H and O–H groups in total. The van der Waals surface area contributed by atoms with Gasteiger partial charge in [0.05, 0.1) is 12.2 Å². The number of hydrogen-bond donors (Lipinski definition) is 3. The zero-order valence-corrected chi connectivity index (χ0v) is 10.1. The fourth-order valence-corrected chi connectivity index (χ4v) is 1.82. The number of ether oxygens (including phenoxy) is 1. The van der Waals surface area contributed by atoms with Crippen LogP contribution in [0, 0.1) is 0 Å². The van der Waals surface area contributed by atoms with Crippen LogP contribution < -0.4 is 5.32 Å². The highest BCUT2D eigenvalue weighted by Crippen LogP contribution is 2.17. The van der Waals surface area contributed by atoms with Gasteiger partial charge < -0.3 is 20.3 Å². The van der Waals surface area contributed by atoms with Gasteiger partial charge in [-0.3, -0.25) is 9.78 Å². The lowest BCUT2D eigenvalue weighted by atomic mass is 10.0. The molecule has 0 spiro atoms. The normalized spacial score (nSPS) is 22.2. The highest BCUT2D eigenvalue weighted by molar-refractivity contribution is 6.03. The Balaban J connectivity index is 2.06. The van der Waals surface area contributed by atoms with Crippen LogP contribution in [0.2, 0.25) is 0 Å². The third-order valence-corrected chi connectivity index (χ3v) is 2.91. The number of aromatic carboxylic acids is 1. The molecule has 7 nitrogen and oxygen atoms in total. The standard InChI is InChI=1S/C12H14N2O5/c15-10(14-6-12(18)3-5-19-7-12)9-8(11(16)17)2-1-4-13-9/h1-2,4,18H,3,5-7H2,(H,14,15)(H,16,17). The molecule has 7 heteroatoms. The molecule has 0 aromatic carbocycles. The van der Waals surface area contributed by atoms with Crippen molar-refractivity contribution in [2.75, 3.05) is 19.8 Å². The van der Waals surface area contributed by atoms with Gasteiger partial charge in [0.25, 0.3) is 5.91 Å². The topological polar surface area (TPSA) is 109 Å². The molecule has 19 heavy (non-hydrogen) atoms. The van der Waals surface area contributed by atoms with E-state index in [0.717, 1.165) is 0 Å². The van der Waals surface area contributed by atoms with Gasteiger partial charge in [0, 0.05) is 25.8 Å². The average Bonchev–Trinajstić information content (AvgIpc) is 2.83. The number of carboxylic acids is 1. The molecule has 0 radical (unpaired) electrons. The van der Waals surface area contributed by atoms with Crippen LogP contribution in [-0.4, -0.2) is 52.4 Å². The van der Waals surface area contributed by atoms with E-state index in [9.17, 15) is 14.7 Å². The second-order valence-corrected chi connectivity index (χ2v) is 4.41. The van der Waals surface area contributed by atoms with E-state index >= 15 is 0 Å². The Labute approximate surface area is 109 Å². The first-order chi connectivity index (χ1) is 9.02. The Hall–Kier alpha value is -1.99. The molecule has 1 atom stereocenters. The predicted octanol–water partition coefficient (Wildman–Crippen LogP) is -0.339. The fourth-order valence-electron chi connectivity index (χ4n) is 1.82. The SMILES string of the molecule is O=C(O)c1cccnc1C(=O)NCC1(O)CCOC1. The summed E-state index contributed by atoms with van der Waals surface area (Å²) >= 11 is 0. The Morgan fingerprint density at radius 1 is 1.53 bits per heavy atom. The number of hydrogen-bond acceptors (Lipinski definition) is 5. The molecule has 102 valence electrons. The monoisotopic (exact) mass is 266 g/mol. The Kier molecular flexibility index (Phi) is 3.77. The van der Waals surface area contributed by atoms with Gasteiger partial charge in [-0.2, -0.15) is 0 Å². The van der Waals surface area contributed by atoms with E-state index in [1.165, 1.54) is 18.3 Å². The van der Waals surface area contributed by atoms with Crippen molar-refractivity contribution in [2.24, 2.45) is 0 Å². The molecule has 1 aromatic heterocycles. The van der Waals surface area contributed by atoms with Crippen LogP contribution in [0.5, 0.6) is 0 Å². The number of amides is 1. The minimum absolute atomic E-state index is 0.00146. The third-order valence-electron chi connectivity index (χ3n) is 2.91. The molecule has 1 fully saturated rings. The number of aromatic nitrogens is 1. The largest absolute Gasteiger partial charge is 0.478 e. The van der Waals surface area contributed by atoms with Crippen LogP contribution in [0.3, 0.4) is 0 Å². The minimum atomic E-state index is -1.22. The summed E-state index contributed by atoms with van der Waals surface area (Å²) in [5.41, 5.74) is -1.43. The molecule has 1 aromatic rings. The van der Waals surface area contributed by atoms with E-state index in [2.05, 4.69) is 10.3 Å². The van der Waals surface area contributed by atoms with Gasteiger partial charge in [0.15, 0.2) is 0 Å². The number of nitrogens with one attached hydrogen (secondary N) is 1. The number of carbonyl (C=O) groups excluding carboxylic acids is 1. The van der Waals surface area contributed by atoms with Gasteiger partial charge in [-0.25, -0.2) is 4.79 Å². The average molecular weight is 266 g/mol. The summed E-state index contributed by atoms with van der Waals surface area (Å²) in [6, 6.07) is 2.75. The first-order valence-corrected chi connectivity index (χ1v) is 5.78. The van der Waals surface area contributed by atoms with Crippen molar-refractivity contribution in [3.8, 4) is 0 Å². The van der Waals surface area contributed by atoms with Crippen LogP contribution in [0.1, 0.15) is 27.3 Å². The Morgan fingerprint density at radius 2 is 2.32 bits per heavy atom. The molecule has 1 aliphatic rings. The second kappa shape index (κ2) is 5.33. The number of aliphatic hydroxyl groups is 1. The smallest absolute Gasteiger partial charge is 0.338 e. The third kappa shape index (κ3) is 3.07. The predicted molar refractivity (Wildman–Crippen MR) is 63.9 cm³/mol. The highest BCUT2D eigenvalue weighted by Gasteiger charge is 2.33. The second-order valence-electron chi connectivity index (χ2n) is 4.41. The summed E-state index contributed by atoms with van der Waals surface area (Å²) in [7, 11) is 0. The number of carboxylic acid groups (broad SMARTS) is 1. The quantitative estimate of drug-likeness (QED) is 0.688. The maximum absolute atomic E-state index is 11.9. The number of rotatable bonds is 4. The van der Waals surface area contributed by atoms with Gasteiger partial charge in [0.2, 0.25) is 0 Å².